The number of carbonyl (C=O) groups is 2. The van der Waals surface area contributed by atoms with E-state index in [4.69, 9.17) is 4.74 Å². The van der Waals surface area contributed by atoms with E-state index in [1.54, 1.807) is 41.3 Å². The van der Waals surface area contributed by atoms with Crippen LogP contribution in [0.4, 0.5) is 14.9 Å². The van der Waals surface area contributed by atoms with E-state index >= 15 is 0 Å². The standard InChI is InChI=1S/C23H28FN3O3/c1-4-25-11-13-26(14-12-25)23(29)27(21-10-5-17(2)15-20(21)24)16-18-6-8-19(9-7-18)22(28)30-3/h5-10,15H,4,11-14,16H2,1-3H3. The van der Waals surface area contributed by atoms with E-state index in [2.05, 4.69) is 11.8 Å². The highest BCUT2D eigenvalue weighted by molar-refractivity contribution is 5.92. The minimum atomic E-state index is -0.429. The van der Waals surface area contributed by atoms with Crippen LogP contribution < -0.4 is 4.90 Å². The van der Waals surface area contributed by atoms with E-state index in [9.17, 15) is 14.0 Å². The SMILES string of the molecule is CCN1CCN(C(=O)N(Cc2ccc(C(=O)OC)cc2)c2ccc(C)cc2F)CC1. The summed E-state index contributed by atoms with van der Waals surface area (Å²) in [6, 6.07) is 11.5. The number of hydrogen-bond acceptors (Lipinski definition) is 4. The summed E-state index contributed by atoms with van der Waals surface area (Å²) < 4.78 is 19.5. The third-order valence-electron chi connectivity index (χ3n) is 5.43. The first kappa shape index (κ1) is 21.8. The quantitative estimate of drug-likeness (QED) is 0.702. The molecule has 1 saturated heterocycles. The van der Waals surface area contributed by atoms with Gasteiger partial charge in [0, 0.05) is 26.2 Å². The van der Waals surface area contributed by atoms with Crippen LogP contribution in [0.25, 0.3) is 0 Å². The van der Waals surface area contributed by atoms with Crippen LogP contribution in [-0.4, -0.2) is 61.6 Å². The molecule has 0 atom stereocenters. The molecule has 0 radical (unpaired) electrons. The van der Waals surface area contributed by atoms with Gasteiger partial charge in [-0.05, 0) is 48.9 Å². The summed E-state index contributed by atoms with van der Waals surface area (Å²) in [5.74, 6) is -0.852. The molecule has 30 heavy (non-hydrogen) atoms. The van der Waals surface area contributed by atoms with Crippen molar-refractivity contribution in [1.29, 1.82) is 0 Å². The normalized spacial score (nSPS) is 14.5. The van der Waals surface area contributed by atoms with Crippen LogP contribution in [0.1, 0.15) is 28.4 Å². The monoisotopic (exact) mass is 413 g/mol. The van der Waals surface area contributed by atoms with E-state index in [1.807, 2.05) is 6.92 Å². The Balaban J connectivity index is 1.86. The summed E-state index contributed by atoms with van der Waals surface area (Å²) >= 11 is 0. The van der Waals surface area contributed by atoms with Gasteiger partial charge in [-0.2, -0.15) is 0 Å². The molecule has 0 bridgehead atoms. The maximum atomic E-state index is 14.8. The minimum absolute atomic E-state index is 0.203. The van der Waals surface area contributed by atoms with Crippen LogP contribution in [0, 0.1) is 12.7 Å². The molecule has 1 fully saturated rings. The van der Waals surface area contributed by atoms with E-state index in [-0.39, 0.29) is 18.3 Å². The van der Waals surface area contributed by atoms with Crippen molar-refractivity contribution >= 4 is 17.7 Å². The largest absolute Gasteiger partial charge is 0.465 e. The molecule has 2 amide bonds. The van der Waals surface area contributed by atoms with Crippen molar-refractivity contribution < 1.29 is 18.7 Å². The van der Waals surface area contributed by atoms with Crippen LogP contribution in [-0.2, 0) is 11.3 Å². The van der Waals surface area contributed by atoms with Gasteiger partial charge < -0.3 is 14.5 Å². The fraction of sp³-hybridized carbons (Fsp3) is 0.391. The van der Waals surface area contributed by atoms with Crippen molar-refractivity contribution in [1.82, 2.24) is 9.80 Å². The molecular weight excluding hydrogens is 385 g/mol. The summed E-state index contributed by atoms with van der Waals surface area (Å²) in [4.78, 5) is 30.5. The predicted octanol–water partition coefficient (Wildman–Crippen LogP) is 3.68. The molecule has 2 aromatic rings. The summed E-state index contributed by atoms with van der Waals surface area (Å²) in [5.41, 5.74) is 2.27. The number of methoxy groups -OCH3 is 1. The second-order valence-corrected chi connectivity index (χ2v) is 7.43. The molecule has 0 spiro atoms. The number of hydrogen-bond donors (Lipinski definition) is 0. The maximum absolute atomic E-state index is 14.8. The molecule has 160 valence electrons. The van der Waals surface area contributed by atoms with Crippen molar-refractivity contribution in [3.63, 3.8) is 0 Å². The molecule has 0 aliphatic carbocycles. The summed E-state index contributed by atoms with van der Waals surface area (Å²) in [6.45, 7) is 7.90. The highest BCUT2D eigenvalue weighted by atomic mass is 19.1. The Morgan fingerprint density at radius 3 is 2.30 bits per heavy atom. The van der Waals surface area contributed by atoms with Crippen molar-refractivity contribution in [2.75, 3.05) is 44.7 Å². The number of rotatable bonds is 5. The Morgan fingerprint density at radius 1 is 1.07 bits per heavy atom. The number of halogens is 1. The first-order chi connectivity index (χ1) is 14.4. The zero-order chi connectivity index (χ0) is 21.7. The van der Waals surface area contributed by atoms with Gasteiger partial charge in [-0.25, -0.2) is 14.0 Å². The number of carbonyl (C=O) groups excluding carboxylic acids is 2. The first-order valence-corrected chi connectivity index (χ1v) is 10.1. The zero-order valence-electron chi connectivity index (χ0n) is 17.7. The van der Waals surface area contributed by atoms with Crippen molar-refractivity contribution in [3.8, 4) is 0 Å². The fourth-order valence-corrected chi connectivity index (χ4v) is 3.56. The Morgan fingerprint density at radius 2 is 1.73 bits per heavy atom. The third-order valence-corrected chi connectivity index (χ3v) is 5.43. The van der Waals surface area contributed by atoms with Gasteiger partial charge in [0.1, 0.15) is 5.82 Å². The average molecular weight is 413 g/mol. The van der Waals surface area contributed by atoms with Gasteiger partial charge in [-0.1, -0.05) is 25.1 Å². The molecule has 0 aromatic heterocycles. The fourth-order valence-electron chi connectivity index (χ4n) is 3.56. The highest BCUT2D eigenvalue weighted by Gasteiger charge is 2.27. The molecule has 1 aliphatic heterocycles. The van der Waals surface area contributed by atoms with Gasteiger partial charge in [0.2, 0.25) is 0 Å². The lowest BCUT2D eigenvalue weighted by Crippen LogP contribution is -2.52. The number of likely N-dealkylation sites (N-methyl/N-ethyl adjacent to an activating group) is 1. The van der Waals surface area contributed by atoms with Gasteiger partial charge in [0.25, 0.3) is 0 Å². The van der Waals surface area contributed by atoms with Gasteiger partial charge in [-0.3, -0.25) is 4.90 Å². The summed E-state index contributed by atoms with van der Waals surface area (Å²) in [7, 11) is 1.33. The van der Waals surface area contributed by atoms with E-state index < -0.39 is 11.8 Å². The zero-order valence-corrected chi connectivity index (χ0v) is 17.7. The van der Waals surface area contributed by atoms with E-state index in [0.717, 1.165) is 30.8 Å². The Hall–Kier alpha value is -2.93. The maximum Gasteiger partial charge on any atom is 0.337 e. The minimum Gasteiger partial charge on any atom is -0.465 e. The van der Waals surface area contributed by atoms with Gasteiger partial charge in [0.15, 0.2) is 0 Å². The predicted molar refractivity (Wildman–Crippen MR) is 114 cm³/mol. The van der Waals surface area contributed by atoms with E-state index in [1.165, 1.54) is 18.1 Å². The van der Waals surface area contributed by atoms with Gasteiger partial charge >= 0.3 is 12.0 Å². The van der Waals surface area contributed by atoms with Crippen molar-refractivity contribution in [2.45, 2.75) is 20.4 Å². The number of anilines is 1. The van der Waals surface area contributed by atoms with Crippen LogP contribution in [0.3, 0.4) is 0 Å². The van der Waals surface area contributed by atoms with E-state index in [0.29, 0.717) is 18.7 Å². The molecule has 0 saturated carbocycles. The van der Waals surface area contributed by atoms with Crippen molar-refractivity contribution in [3.05, 3.63) is 65.0 Å². The lowest BCUT2D eigenvalue weighted by molar-refractivity contribution is 0.0600. The molecule has 1 aliphatic rings. The number of nitrogens with zero attached hydrogens (tertiary/aromatic N) is 3. The molecule has 0 unspecified atom stereocenters. The highest BCUT2D eigenvalue weighted by Crippen LogP contribution is 2.25. The Bertz CT molecular complexity index is 893. The number of ether oxygens (including phenoxy) is 1. The number of aryl methyl sites for hydroxylation is 1. The topological polar surface area (TPSA) is 53.1 Å². The molecule has 2 aromatic carbocycles. The second kappa shape index (κ2) is 9.71. The molecule has 3 rings (SSSR count). The number of amides is 2. The number of urea groups is 1. The first-order valence-electron chi connectivity index (χ1n) is 10.1. The number of benzene rings is 2. The Labute approximate surface area is 176 Å². The molecule has 6 nitrogen and oxygen atoms in total. The second-order valence-electron chi connectivity index (χ2n) is 7.43. The third kappa shape index (κ3) is 4.97. The number of esters is 1. The summed E-state index contributed by atoms with van der Waals surface area (Å²) in [6.07, 6.45) is 0. The summed E-state index contributed by atoms with van der Waals surface area (Å²) in [5, 5.41) is 0. The smallest absolute Gasteiger partial charge is 0.337 e. The average Bonchev–Trinajstić information content (AvgIpc) is 2.77. The van der Waals surface area contributed by atoms with Crippen LogP contribution in [0.15, 0.2) is 42.5 Å². The molecule has 1 heterocycles. The van der Waals surface area contributed by atoms with Crippen LogP contribution in [0.2, 0.25) is 0 Å². The van der Waals surface area contributed by atoms with Crippen LogP contribution >= 0.6 is 0 Å². The molecule has 0 N–H and O–H groups in total. The molecular formula is C23H28FN3O3. The number of piperazine rings is 1. The lowest BCUT2D eigenvalue weighted by Gasteiger charge is -2.37. The van der Waals surface area contributed by atoms with Crippen LogP contribution in [0.5, 0.6) is 0 Å². The van der Waals surface area contributed by atoms with Crippen molar-refractivity contribution in [2.24, 2.45) is 0 Å². The molecule has 7 heteroatoms. The van der Waals surface area contributed by atoms with Gasteiger partial charge in [0.05, 0.1) is 24.9 Å². The van der Waals surface area contributed by atoms with Gasteiger partial charge in [-0.15, -0.1) is 0 Å². The Kier molecular flexibility index (Phi) is 7.05. The lowest BCUT2D eigenvalue weighted by atomic mass is 10.1.